The summed E-state index contributed by atoms with van der Waals surface area (Å²) in [5.74, 6) is -0.184. The number of hydrogen-bond acceptors (Lipinski definition) is 6. The average molecular weight is 506 g/mol. The highest BCUT2D eigenvalue weighted by Crippen LogP contribution is 2.32. The maximum Gasteiger partial charge on any atom is 0.324 e. The number of rotatable bonds is 7. The Morgan fingerprint density at radius 2 is 1.84 bits per heavy atom. The number of aromatic nitrogens is 1. The van der Waals surface area contributed by atoms with E-state index in [1.54, 1.807) is 6.20 Å². The van der Waals surface area contributed by atoms with Crippen LogP contribution in [0.3, 0.4) is 0 Å². The van der Waals surface area contributed by atoms with Crippen molar-refractivity contribution < 1.29 is 14.3 Å². The van der Waals surface area contributed by atoms with Crippen molar-refractivity contribution in [2.75, 3.05) is 57.8 Å². The van der Waals surface area contributed by atoms with Gasteiger partial charge in [0.25, 0.3) is 0 Å². The Labute approximate surface area is 220 Å². The number of carbonyl (C=O) groups excluding carboxylic acids is 2. The molecule has 8 heteroatoms. The number of fused-ring (bicyclic) bond motifs is 1. The monoisotopic (exact) mass is 505 g/mol. The lowest BCUT2D eigenvalue weighted by molar-refractivity contribution is -0.144. The summed E-state index contributed by atoms with van der Waals surface area (Å²) >= 11 is 0. The number of hydrogen-bond donors (Lipinski definition) is 0. The number of likely N-dealkylation sites (N-methyl/N-ethyl adjacent to an activating group) is 1. The zero-order chi connectivity index (χ0) is 25.8. The molecular formula is C29H39N5O3. The lowest BCUT2D eigenvalue weighted by atomic mass is 9.97. The van der Waals surface area contributed by atoms with Crippen LogP contribution in [0.25, 0.3) is 0 Å². The van der Waals surface area contributed by atoms with Crippen LogP contribution < -0.4 is 4.90 Å². The summed E-state index contributed by atoms with van der Waals surface area (Å²) in [4.78, 5) is 38.9. The van der Waals surface area contributed by atoms with Gasteiger partial charge in [-0.3, -0.25) is 19.6 Å². The van der Waals surface area contributed by atoms with Crippen molar-refractivity contribution in [3.05, 3.63) is 59.4 Å². The fourth-order valence-electron chi connectivity index (χ4n) is 6.04. The lowest BCUT2D eigenvalue weighted by Crippen LogP contribution is -2.47. The number of piperidine rings is 1. The summed E-state index contributed by atoms with van der Waals surface area (Å²) in [6.45, 7) is 7.53. The molecule has 0 radical (unpaired) electrons. The Bertz CT molecular complexity index is 1090. The third kappa shape index (κ3) is 5.80. The van der Waals surface area contributed by atoms with E-state index in [0.29, 0.717) is 13.0 Å². The smallest absolute Gasteiger partial charge is 0.324 e. The molecule has 0 spiro atoms. The maximum atomic E-state index is 13.5. The van der Waals surface area contributed by atoms with Gasteiger partial charge in [-0.15, -0.1) is 0 Å². The molecule has 0 saturated carbocycles. The Morgan fingerprint density at radius 3 is 2.57 bits per heavy atom. The molecule has 8 nitrogen and oxygen atoms in total. The minimum absolute atomic E-state index is 0.0573. The second kappa shape index (κ2) is 11.6. The minimum Gasteiger partial charge on any atom is -0.466 e. The van der Waals surface area contributed by atoms with Crippen molar-refractivity contribution in [2.45, 2.75) is 51.1 Å². The molecule has 2 amide bonds. The molecule has 2 saturated heterocycles. The first kappa shape index (κ1) is 25.7. The number of esters is 1. The number of amides is 2. The highest BCUT2D eigenvalue weighted by atomic mass is 16.5. The number of carbonyl (C=O) groups is 2. The van der Waals surface area contributed by atoms with Crippen molar-refractivity contribution in [3.8, 4) is 0 Å². The largest absolute Gasteiger partial charge is 0.466 e. The van der Waals surface area contributed by atoms with Gasteiger partial charge in [-0.2, -0.15) is 0 Å². The summed E-state index contributed by atoms with van der Waals surface area (Å²) in [5.41, 5.74) is 4.85. The Morgan fingerprint density at radius 1 is 1.05 bits per heavy atom. The van der Waals surface area contributed by atoms with E-state index in [4.69, 9.17) is 4.74 Å². The molecule has 2 aromatic rings. The van der Waals surface area contributed by atoms with Crippen LogP contribution >= 0.6 is 0 Å². The van der Waals surface area contributed by atoms with Gasteiger partial charge in [-0.25, -0.2) is 4.79 Å². The van der Waals surface area contributed by atoms with Crippen molar-refractivity contribution in [2.24, 2.45) is 0 Å². The van der Waals surface area contributed by atoms with Gasteiger partial charge in [0.05, 0.1) is 13.0 Å². The molecule has 0 bridgehead atoms. The topological polar surface area (TPSA) is 69.2 Å². The Kier molecular flexibility index (Phi) is 8.05. The quantitative estimate of drug-likeness (QED) is 0.537. The molecule has 2 fully saturated rings. The van der Waals surface area contributed by atoms with E-state index in [0.717, 1.165) is 76.2 Å². The second-order valence-corrected chi connectivity index (χ2v) is 10.5. The molecule has 3 aliphatic rings. The summed E-state index contributed by atoms with van der Waals surface area (Å²) < 4.78 is 5.26. The van der Waals surface area contributed by atoms with Gasteiger partial charge >= 0.3 is 12.0 Å². The van der Waals surface area contributed by atoms with Gasteiger partial charge in [0, 0.05) is 69.4 Å². The zero-order valence-electron chi connectivity index (χ0n) is 22.1. The highest BCUT2D eigenvalue weighted by molar-refractivity contribution is 5.94. The van der Waals surface area contributed by atoms with Crippen molar-refractivity contribution >= 4 is 17.7 Å². The zero-order valence-corrected chi connectivity index (χ0v) is 22.1. The molecule has 1 unspecified atom stereocenters. The van der Waals surface area contributed by atoms with E-state index in [1.165, 1.54) is 11.1 Å². The third-order valence-corrected chi connectivity index (χ3v) is 8.18. The first-order valence-corrected chi connectivity index (χ1v) is 13.7. The van der Waals surface area contributed by atoms with Crippen LogP contribution in [-0.4, -0.2) is 90.6 Å². The molecule has 3 aliphatic heterocycles. The summed E-state index contributed by atoms with van der Waals surface area (Å²) in [6, 6.07) is 10.8. The fourth-order valence-corrected chi connectivity index (χ4v) is 6.04. The van der Waals surface area contributed by atoms with Crippen molar-refractivity contribution in [3.63, 3.8) is 0 Å². The third-order valence-electron chi connectivity index (χ3n) is 8.18. The van der Waals surface area contributed by atoms with Gasteiger partial charge < -0.3 is 14.5 Å². The van der Waals surface area contributed by atoms with Gasteiger partial charge in [-0.1, -0.05) is 12.1 Å². The van der Waals surface area contributed by atoms with Gasteiger partial charge in [0.2, 0.25) is 0 Å². The molecule has 198 valence electrons. The van der Waals surface area contributed by atoms with E-state index >= 15 is 0 Å². The molecule has 5 rings (SSSR count). The number of likely N-dealkylation sites (tertiary alicyclic amines) is 1. The first-order chi connectivity index (χ1) is 18.0. The number of nitrogens with zero attached hydrogens (tertiary/aromatic N) is 5. The molecule has 1 aromatic carbocycles. The molecule has 4 heterocycles. The minimum atomic E-state index is -0.184. The SMILES string of the molecule is CCOC(=O)CC(c1cccnc1)N1CCC(N2CCN(c3ccc4c(c3)CCN(C)CC4)C2=O)CC1. The summed E-state index contributed by atoms with van der Waals surface area (Å²) in [5, 5.41) is 0. The Balaban J connectivity index is 1.22. The van der Waals surface area contributed by atoms with Crippen LogP contribution in [0.15, 0.2) is 42.7 Å². The highest BCUT2D eigenvalue weighted by Gasteiger charge is 2.37. The number of urea groups is 1. The number of anilines is 1. The molecule has 0 aliphatic carbocycles. The molecular weight excluding hydrogens is 466 g/mol. The normalized spacial score (nSPS) is 20.5. The van der Waals surface area contributed by atoms with E-state index in [2.05, 4.69) is 44.9 Å². The van der Waals surface area contributed by atoms with Gasteiger partial charge in [0.1, 0.15) is 0 Å². The lowest BCUT2D eigenvalue weighted by Gasteiger charge is -2.40. The first-order valence-electron chi connectivity index (χ1n) is 13.7. The second-order valence-electron chi connectivity index (χ2n) is 10.5. The van der Waals surface area contributed by atoms with E-state index < -0.39 is 0 Å². The van der Waals surface area contributed by atoms with E-state index in [1.807, 2.05) is 30.2 Å². The van der Waals surface area contributed by atoms with Crippen LogP contribution in [0.2, 0.25) is 0 Å². The number of pyridine rings is 1. The number of benzene rings is 1. The van der Waals surface area contributed by atoms with Crippen LogP contribution in [-0.2, 0) is 22.4 Å². The molecule has 1 atom stereocenters. The predicted octanol–water partition coefficient (Wildman–Crippen LogP) is 3.51. The fraction of sp³-hybridized carbons (Fsp3) is 0.552. The van der Waals surface area contributed by atoms with Crippen LogP contribution in [0, 0.1) is 0 Å². The summed E-state index contributed by atoms with van der Waals surface area (Å²) in [7, 11) is 2.18. The van der Waals surface area contributed by atoms with Gasteiger partial charge in [0.15, 0.2) is 0 Å². The molecule has 1 aromatic heterocycles. The summed E-state index contributed by atoms with van der Waals surface area (Å²) in [6.07, 6.45) is 7.82. The molecule has 0 N–H and O–H groups in total. The maximum absolute atomic E-state index is 13.5. The van der Waals surface area contributed by atoms with Crippen LogP contribution in [0.1, 0.15) is 48.9 Å². The molecule has 37 heavy (non-hydrogen) atoms. The van der Waals surface area contributed by atoms with Crippen molar-refractivity contribution in [1.29, 1.82) is 0 Å². The van der Waals surface area contributed by atoms with E-state index in [-0.39, 0.29) is 24.1 Å². The van der Waals surface area contributed by atoms with Crippen LogP contribution in [0.4, 0.5) is 10.5 Å². The predicted molar refractivity (Wildman–Crippen MR) is 144 cm³/mol. The average Bonchev–Trinajstić information content (AvgIpc) is 3.21. The number of ether oxygens (including phenoxy) is 1. The standard InChI is InChI=1S/C29H39N5O3/c1-3-37-28(35)20-27(24-5-4-12-30-21-24)32-15-10-25(11-16-32)33-17-18-34(29(33)36)26-7-6-22-8-13-31(2)14-9-23(22)19-26/h4-7,12,19,21,25,27H,3,8-11,13-18,20H2,1-2H3. The van der Waals surface area contributed by atoms with Crippen molar-refractivity contribution in [1.82, 2.24) is 19.7 Å². The van der Waals surface area contributed by atoms with Gasteiger partial charge in [-0.05, 0) is 74.5 Å². The van der Waals surface area contributed by atoms with E-state index in [9.17, 15) is 9.59 Å². The Hall–Kier alpha value is -2.97. The van der Waals surface area contributed by atoms with Crippen LogP contribution in [0.5, 0.6) is 0 Å².